The molecule has 1 atom stereocenters. The fraction of sp³-hybridized carbons (Fsp3) is 0.147. The lowest BCUT2D eigenvalue weighted by Gasteiger charge is -2.26. The molecular weight excluding hydrogens is 546 g/mol. The summed E-state index contributed by atoms with van der Waals surface area (Å²) >= 11 is 1.31. The summed E-state index contributed by atoms with van der Waals surface area (Å²) < 4.78 is 15.2. The predicted molar refractivity (Wildman–Crippen MR) is 166 cm³/mol. The zero-order valence-electron chi connectivity index (χ0n) is 23.3. The van der Waals surface area contributed by atoms with Gasteiger partial charge in [0.15, 0.2) is 4.80 Å². The topological polar surface area (TPSA) is 74.8 Å². The number of hydrogen-bond donors (Lipinski definition) is 0. The molecule has 5 aromatic rings. The highest BCUT2D eigenvalue weighted by Gasteiger charge is 2.35. The van der Waals surface area contributed by atoms with Gasteiger partial charge in [0.05, 0.1) is 35.6 Å². The van der Waals surface area contributed by atoms with E-state index in [0.29, 0.717) is 32.9 Å². The Balaban J connectivity index is 1.64. The highest BCUT2D eigenvalue weighted by atomic mass is 32.1. The van der Waals surface area contributed by atoms with Crippen molar-refractivity contribution >= 4 is 40.0 Å². The van der Waals surface area contributed by atoms with Crippen LogP contribution in [0.15, 0.2) is 113 Å². The van der Waals surface area contributed by atoms with Gasteiger partial charge in [-0.15, -0.1) is 6.58 Å². The van der Waals surface area contributed by atoms with Crippen LogP contribution in [0.3, 0.4) is 0 Å². The molecule has 0 N–H and O–H groups in total. The Morgan fingerprint density at radius 2 is 1.79 bits per heavy atom. The summed E-state index contributed by atoms with van der Waals surface area (Å²) in [4.78, 5) is 33.3. The number of aromatic nitrogens is 2. The SMILES string of the molecule is C=CCn1cc(/C=c2\sc3n(c2=O)[C@H](c2ccc(OC)cc2)C(C(=O)OCC)=C(c2ccccc2)N=3)c2ccccc21. The minimum atomic E-state index is -0.745. The molecule has 0 spiro atoms. The van der Waals surface area contributed by atoms with Gasteiger partial charge in [0.1, 0.15) is 5.75 Å². The van der Waals surface area contributed by atoms with Crippen LogP contribution in [0.1, 0.15) is 29.7 Å². The molecule has 210 valence electrons. The van der Waals surface area contributed by atoms with Crippen molar-refractivity contribution in [1.82, 2.24) is 9.13 Å². The van der Waals surface area contributed by atoms with E-state index in [-0.39, 0.29) is 12.2 Å². The van der Waals surface area contributed by atoms with E-state index in [1.165, 1.54) is 11.3 Å². The average molecular weight is 576 g/mol. The second-order valence-corrected chi connectivity index (χ2v) is 10.8. The first-order valence-electron chi connectivity index (χ1n) is 13.6. The van der Waals surface area contributed by atoms with Gasteiger partial charge in [0, 0.05) is 34.8 Å². The fourth-order valence-electron chi connectivity index (χ4n) is 5.36. The Kier molecular flexibility index (Phi) is 7.46. The van der Waals surface area contributed by atoms with Crippen LogP contribution in [0.5, 0.6) is 5.75 Å². The summed E-state index contributed by atoms with van der Waals surface area (Å²) in [5, 5.41) is 1.04. The molecule has 0 saturated heterocycles. The molecule has 7 nitrogen and oxygen atoms in total. The van der Waals surface area contributed by atoms with E-state index in [2.05, 4.69) is 17.2 Å². The zero-order chi connectivity index (χ0) is 29.2. The highest BCUT2D eigenvalue weighted by molar-refractivity contribution is 7.07. The lowest BCUT2D eigenvalue weighted by molar-refractivity contribution is -0.138. The monoisotopic (exact) mass is 575 g/mol. The Morgan fingerprint density at radius 3 is 2.50 bits per heavy atom. The van der Waals surface area contributed by atoms with Gasteiger partial charge >= 0.3 is 5.97 Å². The molecular formula is C34H29N3O4S. The number of methoxy groups -OCH3 is 1. The van der Waals surface area contributed by atoms with Crippen molar-refractivity contribution < 1.29 is 14.3 Å². The van der Waals surface area contributed by atoms with Crippen LogP contribution in [0.4, 0.5) is 0 Å². The molecule has 1 aliphatic heterocycles. The van der Waals surface area contributed by atoms with Crippen LogP contribution in [-0.4, -0.2) is 28.8 Å². The minimum absolute atomic E-state index is 0.193. The molecule has 0 fully saturated rings. The number of hydrogen-bond acceptors (Lipinski definition) is 6. The minimum Gasteiger partial charge on any atom is -0.497 e. The normalized spacial score (nSPS) is 14.9. The van der Waals surface area contributed by atoms with Gasteiger partial charge in [-0.1, -0.05) is 78.1 Å². The average Bonchev–Trinajstić information content (AvgIpc) is 3.53. The number of nitrogens with zero attached hydrogens (tertiary/aromatic N) is 3. The summed E-state index contributed by atoms with van der Waals surface area (Å²) in [5.41, 5.74) is 4.07. The number of carbonyl (C=O) groups excluding carboxylic acids is 1. The van der Waals surface area contributed by atoms with Crippen molar-refractivity contribution in [2.24, 2.45) is 4.99 Å². The van der Waals surface area contributed by atoms with Crippen molar-refractivity contribution in [3.63, 3.8) is 0 Å². The van der Waals surface area contributed by atoms with Crippen LogP contribution in [0.2, 0.25) is 0 Å². The summed E-state index contributed by atoms with van der Waals surface area (Å²) in [6, 6.07) is 24.3. The third-order valence-electron chi connectivity index (χ3n) is 7.24. The third kappa shape index (κ3) is 4.80. The number of esters is 1. The van der Waals surface area contributed by atoms with Crippen molar-refractivity contribution in [3.05, 3.63) is 140 Å². The summed E-state index contributed by atoms with van der Waals surface area (Å²) in [7, 11) is 1.60. The molecule has 0 amide bonds. The Morgan fingerprint density at radius 1 is 1.05 bits per heavy atom. The maximum atomic E-state index is 14.2. The summed E-state index contributed by atoms with van der Waals surface area (Å²) in [5.74, 6) is 0.162. The fourth-order valence-corrected chi connectivity index (χ4v) is 6.36. The smallest absolute Gasteiger partial charge is 0.338 e. The zero-order valence-corrected chi connectivity index (χ0v) is 24.1. The summed E-state index contributed by atoms with van der Waals surface area (Å²) in [6.45, 7) is 6.49. The van der Waals surface area contributed by atoms with E-state index in [1.54, 1.807) is 18.6 Å². The molecule has 3 aromatic carbocycles. The van der Waals surface area contributed by atoms with E-state index in [0.717, 1.165) is 27.6 Å². The third-order valence-corrected chi connectivity index (χ3v) is 8.22. The maximum absolute atomic E-state index is 14.2. The van der Waals surface area contributed by atoms with E-state index >= 15 is 0 Å². The van der Waals surface area contributed by atoms with Gasteiger partial charge in [-0.05, 0) is 36.8 Å². The number of fused-ring (bicyclic) bond motifs is 2. The predicted octanol–water partition coefficient (Wildman–Crippen LogP) is 5.08. The molecule has 6 rings (SSSR count). The van der Waals surface area contributed by atoms with E-state index in [9.17, 15) is 9.59 Å². The lowest BCUT2D eigenvalue weighted by Crippen LogP contribution is -2.40. The lowest BCUT2D eigenvalue weighted by atomic mass is 9.93. The molecule has 2 aromatic heterocycles. The molecule has 8 heteroatoms. The molecule has 0 aliphatic carbocycles. The maximum Gasteiger partial charge on any atom is 0.338 e. The van der Waals surface area contributed by atoms with Gasteiger partial charge in [-0.3, -0.25) is 9.36 Å². The van der Waals surface area contributed by atoms with E-state index in [4.69, 9.17) is 14.5 Å². The summed E-state index contributed by atoms with van der Waals surface area (Å²) in [6.07, 6.45) is 5.79. The van der Waals surface area contributed by atoms with E-state index < -0.39 is 12.0 Å². The van der Waals surface area contributed by atoms with Gasteiger partial charge in [0.2, 0.25) is 0 Å². The van der Waals surface area contributed by atoms with Crippen LogP contribution < -0.4 is 19.6 Å². The number of ether oxygens (including phenoxy) is 2. The number of thiazole rings is 1. The molecule has 0 saturated carbocycles. The molecule has 3 heterocycles. The first-order valence-corrected chi connectivity index (χ1v) is 14.5. The van der Waals surface area contributed by atoms with Crippen LogP contribution in [0.25, 0.3) is 22.7 Å². The largest absolute Gasteiger partial charge is 0.497 e. The Labute approximate surface area is 246 Å². The molecule has 0 radical (unpaired) electrons. The quantitative estimate of drug-likeness (QED) is 0.191. The second-order valence-electron chi connectivity index (χ2n) is 9.75. The number of carbonyl (C=O) groups is 1. The number of allylic oxidation sites excluding steroid dienone is 1. The molecule has 1 aliphatic rings. The number of benzene rings is 3. The van der Waals surface area contributed by atoms with Gasteiger partial charge in [-0.25, -0.2) is 9.79 Å². The standard InChI is InChI=1S/C34H29N3O4S/c1-4-19-36-21-24(26-13-9-10-14-27(26)36)20-28-32(38)37-31(23-15-17-25(40-3)18-16-23)29(33(39)41-5-2)30(35-34(37)42-28)22-11-7-6-8-12-22/h4,6-18,20-21,31H,1,5,19H2,2-3H3/b28-20-/t31-/m1/s1. The number of rotatable bonds is 8. The molecule has 0 unspecified atom stereocenters. The first kappa shape index (κ1) is 27.2. The van der Waals surface area contributed by atoms with Crippen LogP contribution in [-0.2, 0) is 16.1 Å². The van der Waals surface area contributed by atoms with Gasteiger partial charge in [-0.2, -0.15) is 0 Å². The van der Waals surface area contributed by atoms with Crippen molar-refractivity contribution in [1.29, 1.82) is 0 Å². The van der Waals surface area contributed by atoms with Crippen LogP contribution in [0, 0.1) is 0 Å². The first-order chi connectivity index (χ1) is 20.5. The van der Waals surface area contributed by atoms with Crippen molar-refractivity contribution in [2.75, 3.05) is 13.7 Å². The van der Waals surface area contributed by atoms with Gasteiger partial charge in [0.25, 0.3) is 5.56 Å². The second kappa shape index (κ2) is 11.5. The Hall–Kier alpha value is -4.95. The number of para-hydroxylation sites is 1. The molecule has 0 bridgehead atoms. The highest BCUT2D eigenvalue weighted by Crippen LogP contribution is 2.35. The van der Waals surface area contributed by atoms with Crippen molar-refractivity contribution in [2.45, 2.75) is 19.5 Å². The molecule has 42 heavy (non-hydrogen) atoms. The van der Waals surface area contributed by atoms with Crippen molar-refractivity contribution in [3.8, 4) is 5.75 Å². The van der Waals surface area contributed by atoms with E-state index in [1.807, 2.05) is 91.1 Å². The van der Waals surface area contributed by atoms with Crippen LogP contribution >= 0.6 is 11.3 Å². The Bertz CT molecular complexity index is 2020. The van der Waals surface area contributed by atoms with Gasteiger partial charge < -0.3 is 14.0 Å².